The summed E-state index contributed by atoms with van der Waals surface area (Å²) in [6, 6.07) is -0.294. The molecule has 0 radical (unpaired) electrons. The van der Waals surface area contributed by atoms with E-state index in [-0.39, 0.29) is 18.1 Å². The van der Waals surface area contributed by atoms with Crippen molar-refractivity contribution in [2.45, 2.75) is 12.1 Å². The molecule has 94 valence electrons. The summed E-state index contributed by atoms with van der Waals surface area (Å²) in [5.74, 6) is 0.767. The molecule has 0 aromatic carbocycles. The third-order valence-corrected chi connectivity index (χ3v) is 3.10. The number of carbonyl (C=O) groups is 1. The Morgan fingerprint density at radius 1 is 1.61 bits per heavy atom. The van der Waals surface area contributed by atoms with E-state index in [0.29, 0.717) is 13.2 Å². The molecule has 3 rings (SSSR count). The zero-order valence-corrected chi connectivity index (χ0v) is 9.82. The number of nitrogens with zero attached hydrogens (tertiary/aromatic N) is 3. The number of H-pyrrole nitrogens is 1. The molecule has 2 aliphatic rings. The molecule has 18 heavy (non-hydrogen) atoms. The van der Waals surface area contributed by atoms with Gasteiger partial charge in [0.2, 0.25) is 0 Å². The van der Waals surface area contributed by atoms with Gasteiger partial charge in [-0.15, -0.1) is 6.58 Å². The minimum atomic E-state index is -0.138. The molecular formula is C12H14N4O2. The monoisotopic (exact) mass is 246 g/mol. The van der Waals surface area contributed by atoms with E-state index in [2.05, 4.69) is 16.5 Å². The third-order valence-electron chi connectivity index (χ3n) is 3.10. The maximum atomic E-state index is 12.2. The number of aromatic nitrogens is 2. The zero-order valence-electron chi connectivity index (χ0n) is 9.82. The Morgan fingerprint density at radius 3 is 3.22 bits per heavy atom. The van der Waals surface area contributed by atoms with Crippen molar-refractivity contribution in [2.24, 2.45) is 0 Å². The van der Waals surface area contributed by atoms with Crippen LogP contribution in [-0.2, 0) is 4.84 Å². The number of imidazole rings is 1. The van der Waals surface area contributed by atoms with Gasteiger partial charge in [0.05, 0.1) is 19.2 Å². The van der Waals surface area contributed by atoms with Crippen molar-refractivity contribution in [1.82, 2.24) is 19.9 Å². The van der Waals surface area contributed by atoms with Gasteiger partial charge in [0.1, 0.15) is 11.9 Å². The molecule has 6 heteroatoms. The van der Waals surface area contributed by atoms with Crippen molar-refractivity contribution in [2.75, 3.05) is 13.2 Å². The summed E-state index contributed by atoms with van der Waals surface area (Å²) >= 11 is 0. The number of hydrogen-bond acceptors (Lipinski definition) is 3. The van der Waals surface area contributed by atoms with E-state index in [1.165, 1.54) is 5.06 Å². The summed E-state index contributed by atoms with van der Waals surface area (Å²) in [6.45, 7) is 4.53. The van der Waals surface area contributed by atoms with Crippen LogP contribution >= 0.6 is 0 Å². The van der Waals surface area contributed by atoms with Gasteiger partial charge in [-0.05, 0) is 0 Å². The lowest BCUT2D eigenvalue weighted by Crippen LogP contribution is -2.34. The van der Waals surface area contributed by atoms with Crippen LogP contribution in [0.15, 0.2) is 37.2 Å². The molecule has 2 atom stereocenters. The molecule has 1 aromatic rings. The van der Waals surface area contributed by atoms with Crippen molar-refractivity contribution in [3.63, 3.8) is 0 Å². The molecule has 6 nitrogen and oxygen atoms in total. The quantitative estimate of drug-likeness (QED) is 0.813. The third kappa shape index (κ3) is 1.62. The first-order valence-corrected chi connectivity index (χ1v) is 5.82. The van der Waals surface area contributed by atoms with Crippen LogP contribution in [0, 0.1) is 0 Å². The lowest BCUT2D eigenvalue weighted by molar-refractivity contribution is -0.107. The molecule has 1 aromatic heterocycles. The highest BCUT2D eigenvalue weighted by molar-refractivity contribution is 5.78. The number of hydrogen-bond donors (Lipinski definition) is 1. The van der Waals surface area contributed by atoms with Gasteiger partial charge >= 0.3 is 6.03 Å². The fourth-order valence-corrected chi connectivity index (χ4v) is 2.29. The smallest absolute Gasteiger partial charge is 0.345 e. The highest BCUT2D eigenvalue weighted by atomic mass is 16.7. The number of aromatic amines is 1. The van der Waals surface area contributed by atoms with E-state index in [1.807, 2.05) is 12.2 Å². The Kier molecular flexibility index (Phi) is 2.64. The van der Waals surface area contributed by atoms with Gasteiger partial charge in [0, 0.05) is 12.4 Å². The maximum absolute atomic E-state index is 12.2. The average molecular weight is 246 g/mol. The van der Waals surface area contributed by atoms with E-state index in [9.17, 15) is 4.79 Å². The summed E-state index contributed by atoms with van der Waals surface area (Å²) in [5, 5.41) is 1.40. The number of amides is 2. The predicted molar refractivity (Wildman–Crippen MR) is 64.3 cm³/mol. The number of urea groups is 1. The summed E-state index contributed by atoms with van der Waals surface area (Å²) in [7, 11) is 0. The van der Waals surface area contributed by atoms with Crippen LogP contribution in [0.5, 0.6) is 0 Å². The van der Waals surface area contributed by atoms with Crippen LogP contribution in [0.25, 0.3) is 0 Å². The van der Waals surface area contributed by atoms with Crippen molar-refractivity contribution in [3.8, 4) is 0 Å². The molecule has 0 aliphatic carbocycles. The topological polar surface area (TPSA) is 61.5 Å². The van der Waals surface area contributed by atoms with Crippen LogP contribution in [0.1, 0.15) is 11.9 Å². The predicted octanol–water partition coefficient (Wildman–Crippen LogP) is 1.24. The molecule has 2 aliphatic heterocycles. The van der Waals surface area contributed by atoms with Crippen molar-refractivity contribution in [1.29, 1.82) is 0 Å². The Balaban J connectivity index is 1.82. The molecule has 0 saturated carbocycles. The molecule has 2 bridgehead atoms. The SMILES string of the molecule is C=CCON1C(=O)N2CC1C=C[C@H]2c1ncc[nH]1. The van der Waals surface area contributed by atoms with Gasteiger partial charge < -0.3 is 9.88 Å². The molecular weight excluding hydrogens is 232 g/mol. The van der Waals surface area contributed by atoms with Crippen LogP contribution in [-0.4, -0.2) is 45.2 Å². The van der Waals surface area contributed by atoms with Gasteiger partial charge in [0.15, 0.2) is 0 Å². The lowest BCUT2D eigenvalue weighted by Gasteiger charge is -2.24. The van der Waals surface area contributed by atoms with Gasteiger partial charge in [-0.1, -0.05) is 18.2 Å². The standard InChI is InChI=1S/C12H14N4O2/c1-2-7-18-16-9-3-4-10(11-13-5-6-14-11)15(8-9)12(16)17/h2-6,9-10H,1,7-8H2,(H,13,14)/t9?,10-/m0/s1. The summed E-state index contributed by atoms with van der Waals surface area (Å²) < 4.78 is 0. The summed E-state index contributed by atoms with van der Waals surface area (Å²) in [6.07, 6.45) is 9.02. The van der Waals surface area contributed by atoms with Crippen molar-refractivity contribution >= 4 is 6.03 Å². The van der Waals surface area contributed by atoms with Crippen LogP contribution < -0.4 is 0 Å². The molecule has 1 N–H and O–H groups in total. The normalized spacial score (nSPS) is 25.9. The first kappa shape index (κ1) is 11.0. The van der Waals surface area contributed by atoms with Crippen molar-refractivity contribution < 1.29 is 9.63 Å². The zero-order chi connectivity index (χ0) is 12.5. The van der Waals surface area contributed by atoms with E-state index >= 15 is 0 Å². The Morgan fingerprint density at radius 2 is 2.50 bits per heavy atom. The molecule has 1 unspecified atom stereocenters. The fraction of sp³-hybridized carbons (Fsp3) is 0.333. The van der Waals surface area contributed by atoms with Crippen molar-refractivity contribution in [3.05, 3.63) is 43.0 Å². The molecule has 3 heterocycles. The van der Waals surface area contributed by atoms with Crippen LogP contribution in [0.2, 0.25) is 0 Å². The molecule has 2 amide bonds. The van der Waals surface area contributed by atoms with E-state index in [0.717, 1.165) is 5.82 Å². The van der Waals surface area contributed by atoms with E-state index in [1.54, 1.807) is 23.4 Å². The second-order valence-electron chi connectivity index (χ2n) is 4.22. The number of carbonyl (C=O) groups excluding carboxylic acids is 1. The van der Waals surface area contributed by atoms with Gasteiger partial charge in [0.25, 0.3) is 0 Å². The van der Waals surface area contributed by atoms with Gasteiger partial charge in [-0.2, -0.15) is 5.06 Å². The van der Waals surface area contributed by atoms with Gasteiger partial charge in [-0.3, -0.25) is 4.84 Å². The first-order chi connectivity index (χ1) is 8.81. The maximum Gasteiger partial charge on any atom is 0.345 e. The molecule has 1 fully saturated rings. The number of nitrogens with one attached hydrogen (secondary N) is 1. The lowest BCUT2D eigenvalue weighted by atomic mass is 10.1. The molecule has 1 saturated heterocycles. The van der Waals surface area contributed by atoms with Crippen LogP contribution in [0.3, 0.4) is 0 Å². The van der Waals surface area contributed by atoms with Gasteiger partial charge in [-0.25, -0.2) is 9.78 Å². The second-order valence-corrected chi connectivity index (χ2v) is 4.22. The Labute approximate surface area is 105 Å². The number of fused-ring (bicyclic) bond motifs is 2. The first-order valence-electron chi connectivity index (χ1n) is 5.82. The Hall–Kier alpha value is -2.08. The minimum Gasteiger partial charge on any atom is -0.347 e. The molecule has 0 spiro atoms. The Bertz CT molecular complexity index is 482. The highest BCUT2D eigenvalue weighted by Gasteiger charge is 2.43. The number of rotatable bonds is 4. The van der Waals surface area contributed by atoms with E-state index < -0.39 is 0 Å². The van der Waals surface area contributed by atoms with E-state index in [4.69, 9.17) is 4.84 Å². The van der Waals surface area contributed by atoms with Crippen LogP contribution in [0.4, 0.5) is 4.79 Å². The highest BCUT2D eigenvalue weighted by Crippen LogP contribution is 2.32. The largest absolute Gasteiger partial charge is 0.347 e. The average Bonchev–Trinajstić information content (AvgIpc) is 2.99. The number of hydroxylamine groups is 2. The summed E-state index contributed by atoms with van der Waals surface area (Å²) in [5.41, 5.74) is 0. The second kappa shape index (κ2) is 4.30. The minimum absolute atomic E-state index is 0.0244. The fourth-order valence-electron chi connectivity index (χ4n) is 2.29. The summed E-state index contributed by atoms with van der Waals surface area (Å²) in [4.78, 5) is 26.6.